The van der Waals surface area contributed by atoms with Crippen molar-refractivity contribution in [2.45, 2.75) is 44.6 Å². The minimum atomic E-state index is -0.529. The highest BCUT2D eigenvalue weighted by atomic mass is 35.5. The Bertz CT molecular complexity index is 511. The first-order valence-electron chi connectivity index (χ1n) is 6.83. The molecule has 5 nitrogen and oxygen atoms in total. The molecule has 0 saturated heterocycles. The first-order valence-corrected chi connectivity index (χ1v) is 7.20. The Morgan fingerprint density at radius 3 is 2.50 bits per heavy atom. The number of carbonyl (C=O) groups excluding carboxylic acids is 1. The van der Waals surface area contributed by atoms with E-state index in [4.69, 9.17) is 11.6 Å². The summed E-state index contributed by atoms with van der Waals surface area (Å²) in [6, 6.07) is 4.06. The van der Waals surface area contributed by atoms with Crippen molar-refractivity contribution in [2.75, 3.05) is 0 Å². The summed E-state index contributed by atoms with van der Waals surface area (Å²) in [7, 11) is 0. The number of nitrogens with one attached hydrogen (secondary N) is 1. The van der Waals surface area contributed by atoms with Crippen molar-refractivity contribution in [3.8, 4) is 0 Å². The summed E-state index contributed by atoms with van der Waals surface area (Å²) >= 11 is 5.96. The molecular formula is C14H17ClN2O3. The van der Waals surface area contributed by atoms with E-state index in [1.165, 1.54) is 31.0 Å². The first-order chi connectivity index (χ1) is 9.58. The second-order valence-corrected chi connectivity index (χ2v) is 5.49. The second kappa shape index (κ2) is 6.70. The number of nitro benzene ring substituents is 1. The van der Waals surface area contributed by atoms with Gasteiger partial charge in [0.1, 0.15) is 0 Å². The molecule has 0 radical (unpaired) electrons. The van der Waals surface area contributed by atoms with Crippen molar-refractivity contribution in [2.24, 2.45) is 0 Å². The lowest BCUT2D eigenvalue weighted by Crippen LogP contribution is -2.34. The van der Waals surface area contributed by atoms with Crippen LogP contribution >= 0.6 is 11.6 Å². The Morgan fingerprint density at radius 2 is 1.90 bits per heavy atom. The number of halogens is 1. The Kier molecular flexibility index (Phi) is 4.95. The van der Waals surface area contributed by atoms with E-state index in [-0.39, 0.29) is 28.2 Å². The molecule has 6 heteroatoms. The molecule has 1 amide bonds. The molecule has 20 heavy (non-hydrogen) atoms. The van der Waals surface area contributed by atoms with Crippen molar-refractivity contribution in [3.63, 3.8) is 0 Å². The molecule has 0 unspecified atom stereocenters. The molecule has 108 valence electrons. The Balaban J connectivity index is 2.11. The molecule has 1 fully saturated rings. The molecule has 1 aliphatic rings. The van der Waals surface area contributed by atoms with Gasteiger partial charge in [0.2, 0.25) is 0 Å². The summed E-state index contributed by atoms with van der Waals surface area (Å²) in [4.78, 5) is 22.4. The summed E-state index contributed by atoms with van der Waals surface area (Å²) < 4.78 is 0. The number of rotatable bonds is 3. The fourth-order valence-corrected chi connectivity index (χ4v) is 2.69. The van der Waals surface area contributed by atoms with Gasteiger partial charge in [-0.3, -0.25) is 14.9 Å². The van der Waals surface area contributed by atoms with Gasteiger partial charge >= 0.3 is 0 Å². The van der Waals surface area contributed by atoms with Gasteiger partial charge in [-0.15, -0.1) is 0 Å². The average Bonchev–Trinajstić information content (AvgIpc) is 2.67. The lowest BCUT2D eigenvalue weighted by Gasteiger charge is -2.16. The van der Waals surface area contributed by atoms with Crippen LogP contribution in [0.2, 0.25) is 5.02 Å². The third kappa shape index (κ3) is 3.70. The number of benzene rings is 1. The standard InChI is InChI=1S/C14H17ClN2O3/c15-13-8-7-11(17(19)20)9-12(13)14(18)16-10-5-3-1-2-4-6-10/h7-10H,1-6H2,(H,16,18). The van der Waals surface area contributed by atoms with Gasteiger partial charge in [0.25, 0.3) is 11.6 Å². The Hall–Kier alpha value is -1.62. The monoisotopic (exact) mass is 296 g/mol. The molecule has 0 bridgehead atoms. The number of hydrogen-bond acceptors (Lipinski definition) is 3. The van der Waals surface area contributed by atoms with Gasteiger partial charge in [0.15, 0.2) is 0 Å². The number of nitro groups is 1. The van der Waals surface area contributed by atoms with E-state index in [0.717, 1.165) is 25.7 Å². The number of amides is 1. The SMILES string of the molecule is O=C(NC1CCCCCC1)c1cc([N+](=O)[O-])ccc1Cl. The number of nitrogens with zero attached hydrogens (tertiary/aromatic N) is 1. The van der Waals surface area contributed by atoms with E-state index in [9.17, 15) is 14.9 Å². The van der Waals surface area contributed by atoms with Crippen LogP contribution in [0.25, 0.3) is 0 Å². The maximum absolute atomic E-state index is 12.2. The molecule has 1 aromatic rings. The number of carbonyl (C=O) groups is 1. The summed E-state index contributed by atoms with van der Waals surface area (Å²) in [5.74, 6) is -0.328. The molecule has 1 N–H and O–H groups in total. The predicted octanol–water partition coefficient (Wildman–Crippen LogP) is 3.70. The molecule has 1 aromatic carbocycles. The number of non-ortho nitro benzene ring substituents is 1. The van der Waals surface area contributed by atoms with Crippen LogP contribution < -0.4 is 5.32 Å². The van der Waals surface area contributed by atoms with Crippen molar-refractivity contribution in [3.05, 3.63) is 38.9 Å². The highest BCUT2D eigenvalue weighted by molar-refractivity contribution is 6.33. The van der Waals surface area contributed by atoms with Crippen LogP contribution in [0.4, 0.5) is 5.69 Å². The minimum Gasteiger partial charge on any atom is -0.349 e. The van der Waals surface area contributed by atoms with Gasteiger partial charge in [-0.1, -0.05) is 37.3 Å². The first kappa shape index (κ1) is 14.8. The van der Waals surface area contributed by atoms with Gasteiger partial charge in [-0.2, -0.15) is 0 Å². The molecule has 0 atom stereocenters. The van der Waals surface area contributed by atoms with Gasteiger partial charge in [0.05, 0.1) is 15.5 Å². The third-order valence-electron chi connectivity index (χ3n) is 3.60. The van der Waals surface area contributed by atoms with Gasteiger partial charge in [-0.25, -0.2) is 0 Å². The Morgan fingerprint density at radius 1 is 1.25 bits per heavy atom. The normalized spacial score (nSPS) is 16.4. The number of hydrogen-bond donors (Lipinski definition) is 1. The molecular weight excluding hydrogens is 280 g/mol. The fraction of sp³-hybridized carbons (Fsp3) is 0.500. The highest BCUT2D eigenvalue weighted by Gasteiger charge is 2.19. The minimum absolute atomic E-state index is 0.125. The molecule has 1 aliphatic carbocycles. The van der Waals surface area contributed by atoms with Crippen LogP contribution in [-0.2, 0) is 0 Å². The van der Waals surface area contributed by atoms with Crippen molar-refractivity contribution < 1.29 is 9.72 Å². The van der Waals surface area contributed by atoms with Crippen LogP contribution in [0.3, 0.4) is 0 Å². The van der Waals surface area contributed by atoms with E-state index in [2.05, 4.69) is 5.32 Å². The highest BCUT2D eigenvalue weighted by Crippen LogP contribution is 2.23. The van der Waals surface area contributed by atoms with Gasteiger partial charge in [0, 0.05) is 18.2 Å². The zero-order valence-corrected chi connectivity index (χ0v) is 11.9. The van der Waals surface area contributed by atoms with Crippen molar-refractivity contribution in [1.29, 1.82) is 0 Å². The van der Waals surface area contributed by atoms with Gasteiger partial charge in [-0.05, 0) is 18.9 Å². The zero-order valence-electron chi connectivity index (χ0n) is 11.1. The molecule has 1 saturated carbocycles. The molecule has 0 heterocycles. The summed E-state index contributed by atoms with van der Waals surface area (Å²) in [5, 5.41) is 13.9. The van der Waals surface area contributed by atoms with Crippen LogP contribution in [0.1, 0.15) is 48.9 Å². The van der Waals surface area contributed by atoms with E-state index in [1.54, 1.807) is 0 Å². The maximum Gasteiger partial charge on any atom is 0.270 e. The summed E-state index contributed by atoms with van der Waals surface area (Å²) in [6.45, 7) is 0. The largest absolute Gasteiger partial charge is 0.349 e. The second-order valence-electron chi connectivity index (χ2n) is 5.08. The van der Waals surface area contributed by atoms with Gasteiger partial charge < -0.3 is 5.32 Å². The predicted molar refractivity (Wildman–Crippen MR) is 77.1 cm³/mol. The van der Waals surface area contributed by atoms with Crippen LogP contribution in [0, 0.1) is 10.1 Å². The smallest absolute Gasteiger partial charge is 0.270 e. The average molecular weight is 297 g/mol. The summed E-state index contributed by atoms with van der Waals surface area (Å²) in [5.41, 5.74) is 0.0468. The van der Waals surface area contributed by atoms with Crippen LogP contribution in [0.15, 0.2) is 18.2 Å². The van der Waals surface area contributed by atoms with Crippen LogP contribution in [-0.4, -0.2) is 16.9 Å². The third-order valence-corrected chi connectivity index (χ3v) is 3.93. The fourth-order valence-electron chi connectivity index (χ4n) is 2.49. The van der Waals surface area contributed by atoms with E-state index in [0.29, 0.717) is 0 Å². The van der Waals surface area contributed by atoms with Crippen LogP contribution in [0.5, 0.6) is 0 Å². The lowest BCUT2D eigenvalue weighted by molar-refractivity contribution is -0.384. The molecule has 0 aliphatic heterocycles. The van der Waals surface area contributed by atoms with Crippen molar-refractivity contribution >= 4 is 23.2 Å². The topological polar surface area (TPSA) is 72.2 Å². The molecule has 2 rings (SSSR count). The van der Waals surface area contributed by atoms with Crippen molar-refractivity contribution in [1.82, 2.24) is 5.32 Å². The molecule has 0 aromatic heterocycles. The van der Waals surface area contributed by atoms with E-state index >= 15 is 0 Å². The maximum atomic E-state index is 12.2. The molecule has 0 spiro atoms. The van der Waals surface area contributed by atoms with E-state index < -0.39 is 4.92 Å². The van der Waals surface area contributed by atoms with E-state index in [1.807, 2.05) is 0 Å². The zero-order chi connectivity index (χ0) is 14.5. The quantitative estimate of drug-likeness (QED) is 0.525. The summed E-state index contributed by atoms with van der Waals surface area (Å²) in [6.07, 6.45) is 6.52. The Labute approximate surface area is 122 Å². The lowest BCUT2D eigenvalue weighted by atomic mass is 10.1.